The Morgan fingerprint density at radius 3 is 3.07 bits per heavy atom. The van der Waals surface area contributed by atoms with E-state index in [1.165, 1.54) is 29.5 Å². The minimum Gasteiger partial charge on any atom is -0.211 e. The van der Waals surface area contributed by atoms with Gasteiger partial charge in [-0.1, -0.05) is 18.2 Å². The molecule has 0 radical (unpaired) electrons. The Kier molecular flexibility index (Phi) is 2.47. The molecule has 2 nitrogen and oxygen atoms in total. The fourth-order valence-corrected chi connectivity index (χ4v) is 2.19. The number of aryl methyl sites for hydroxylation is 1. The van der Waals surface area contributed by atoms with Crippen LogP contribution in [0.5, 0.6) is 0 Å². The average Bonchev–Trinajstić information content (AvgIpc) is 2.65. The van der Waals surface area contributed by atoms with Crippen molar-refractivity contribution >= 4 is 6.08 Å². The van der Waals surface area contributed by atoms with E-state index in [4.69, 9.17) is 0 Å². The second kappa shape index (κ2) is 3.77. The Morgan fingerprint density at radius 1 is 1.43 bits per heavy atom. The van der Waals surface area contributed by atoms with Gasteiger partial charge in [-0.3, -0.25) is 0 Å². The topological polar surface area (TPSA) is 29.4 Å². The van der Waals surface area contributed by atoms with Crippen molar-refractivity contribution in [3.8, 4) is 0 Å². The number of hydrogen-bond acceptors (Lipinski definition) is 2. The highest BCUT2D eigenvalue weighted by Crippen LogP contribution is 2.30. The van der Waals surface area contributed by atoms with Crippen molar-refractivity contribution in [1.82, 2.24) is 0 Å². The monoisotopic (exact) mass is 187 g/mol. The van der Waals surface area contributed by atoms with E-state index in [1.807, 2.05) is 6.92 Å². The fourth-order valence-electron chi connectivity index (χ4n) is 2.19. The molecule has 0 bridgehead atoms. The summed E-state index contributed by atoms with van der Waals surface area (Å²) in [4.78, 5) is 14.0. The van der Waals surface area contributed by atoms with Crippen molar-refractivity contribution in [3.63, 3.8) is 0 Å². The summed E-state index contributed by atoms with van der Waals surface area (Å²) in [6.45, 7) is 1.94. The lowest BCUT2D eigenvalue weighted by atomic mass is 9.99. The minimum atomic E-state index is -0.0412. The average molecular weight is 187 g/mol. The summed E-state index contributed by atoms with van der Waals surface area (Å²) in [6.07, 6.45) is 5.15. The summed E-state index contributed by atoms with van der Waals surface area (Å²) >= 11 is 0. The summed E-state index contributed by atoms with van der Waals surface area (Å²) in [6, 6.07) is 6.25. The van der Waals surface area contributed by atoms with Crippen LogP contribution in [0.4, 0.5) is 0 Å². The van der Waals surface area contributed by atoms with Gasteiger partial charge in [0.1, 0.15) is 0 Å². The first-order valence-corrected chi connectivity index (χ1v) is 5.00. The van der Waals surface area contributed by atoms with E-state index >= 15 is 0 Å². The molecule has 0 saturated carbocycles. The molecule has 2 heteroatoms. The standard InChI is InChI=1S/C12H13NO/c1-9(13-8-14)11-6-2-4-10-5-3-7-12(10)11/h2,4,6,9H,3,5,7H2,1H3. The zero-order valence-corrected chi connectivity index (χ0v) is 8.29. The van der Waals surface area contributed by atoms with Crippen molar-refractivity contribution in [1.29, 1.82) is 0 Å². The van der Waals surface area contributed by atoms with Crippen LogP contribution in [0, 0.1) is 0 Å². The van der Waals surface area contributed by atoms with E-state index in [9.17, 15) is 4.79 Å². The first kappa shape index (κ1) is 9.17. The van der Waals surface area contributed by atoms with Gasteiger partial charge in [-0.15, -0.1) is 0 Å². The first-order valence-electron chi connectivity index (χ1n) is 5.00. The summed E-state index contributed by atoms with van der Waals surface area (Å²) < 4.78 is 0. The summed E-state index contributed by atoms with van der Waals surface area (Å²) in [5.74, 6) is 0. The largest absolute Gasteiger partial charge is 0.235 e. The van der Waals surface area contributed by atoms with E-state index < -0.39 is 0 Å². The maximum atomic E-state index is 10.2. The lowest BCUT2D eigenvalue weighted by Gasteiger charge is -2.10. The van der Waals surface area contributed by atoms with Crippen LogP contribution < -0.4 is 0 Å². The molecule has 1 aliphatic carbocycles. The van der Waals surface area contributed by atoms with Gasteiger partial charge in [-0.25, -0.2) is 4.79 Å². The van der Waals surface area contributed by atoms with Crippen LogP contribution in [-0.2, 0) is 17.6 Å². The molecule has 0 spiro atoms. The van der Waals surface area contributed by atoms with E-state index in [-0.39, 0.29) is 6.04 Å². The van der Waals surface area contributed by atoms with Crippen LogP contribution in [0.1, 0.15) is 36.1 Å². The van der Waals surface area contributed by atoms with E-state index in [0.29, 0.717) is 0 Å². The molecular weight excluding hydrogens is 174 g/mol. The molecule has 0 amide bonds. The smallest absolute Gasteiger partial charge is 0.211 e. The van der Waals surface area contributed by atoms with Gasteiger partial charge in [0.15, 0.2) is 0 Å². The molecule has 0 aromatic heterocycles. The quantitative estimate of drug-likeness (QED) is 0.517. The molecule has 14 heavy (non-hydrogen) atoms. The highest BCUT2D eigenvalue weighted by atomic mass is 16.1. The highest BCUT2D eigenvalue weighted by Gasteiger charge is 2.17. The van der Waals surface area contributed by atoms with Crippen LogP contribution in [-0.4, -0.2) is 6.08 Å². The maximum absolute atomic E-state index is 10.2. The van der Waals surface area contributed by atoms with Crippen molar-refractivity contribution in [2.75, 3.05) is 0 Å². The molecule has 1 aromatic carbocycles. The first-order chi connectivity index (χ1) is 6.83. The Morgan fingerprint density at radius 2 is 2.29 bits per heavy atom. The molecule has 2 rings (SSSR count). The molecule has 1 atom stereocenters. The van der Waals surface area contributed by atoms with E-state index in [2.05, 4.69) is 23.2 Å². The summed E-state index contributed by atoms with van der Waals surface area (Å²) in [5, 5.41) is 0. The van der Waals surface area contributed by atoms with E-state index in [0.717, 1.165) is 6.42 Å². The fraction of sp³-hybridized carbons (Fsp3) is 0.417. The molecule has 0 saturated heterocycles. The Hall–Kier alpha value is -1.40. The number of isocyanates is 1. The van der Waals surface area contributed by atoms with Crippen molar-refractivity contribution in [2.24, 2.45) is 4.99 Å². The molecule has 0 N–H and O–H groups in total. The van der Waals surface area contributed by atoms with Gasteiger partial charge in [-0.05, 0) is 42.9 Å². The second-order valence-corrected chi connectivity index (χ2v) is 3.73. The molecule has 1 unspecified atom stereocenters. The van der Waals surface area contributed by atoms with Gasteiger partial charge in [0.05, 0.1) is 6.04 Å². The van der Waals surface area contributed by atoms with Crippen LogP contribution >= 0.6 is 0 Å². The highest BCUT2D eigenvalue weighted by molar-refractivity contribution is 5.42. The number of carbonyl (C=O) groups excluding carboxylic acids is 1. The maximum Gasteiger partial charge on any atom is 0.235 e. The number of rotatable bonds is 2. The third kappa shape index (κ3) is 1.49. The third-order valence-corrected chi connectivity index (χ3v) is 2.88. The zero-order valence-electron chi connectivity index (χ0n) is 8.29. The molecule has 1 aliphatic rings. The predicted octanol–water partition coefficient (Wildman–Crippen LogP) is 2.57. The number of nitrogens with zero attached hydrogens (tertiary/aromatic N) is 1. The van der Waals surface area contributed by atoms with Crippen LogP contribution in [0.2, 0.25) is 0 Å². The molecule has 0 heterocycles. The second-order valence-electron chi connectivity index (χ2n) is 3.73. The van der Waals surface area contributed by atoms with E-state index in [1.54, 1.807) is 6.08 Å². The van der Waals surface area contributed by atoms with Gasteiger partial charge in [0, 0.05) is 0 Å². The number of benzene rings is 1. The zero-order chi connectivity index (χ0) is 9.97. The third-order valence-electron chi connectivity index (χ3n) is 2.88. The molecule has 0 aliphatic heterocycles. The minimum absolute atomic E-state index is 0.0412. The van der Waals surface area contributed by atoms with Gasteiger partial charge in [-0.2, -0.15) is 4.99 Å². The SMILES string of the molecule is CC(N=C=O)c1cccc2c1CCC2. The molecule has 1 aromatic rings. The number of aliphatic imine (C=N–C) groups is 1. The Bertz CT molecular complexity index is 391. The van der Waals surface area contributed by atoms with Gasteiger partial charge in [0.2, 0.25) is 6.08 Å². The van der Waals surface area contributed by atoms with Crippen LogP contribution in [0.25, 0.3) is 0 Å². The van der Waals surface area contributed by atoms with Crippen molar-refractivity contribution in [3.05, 3.63) is 34.9 Å². The molecular formula is C12H13NO. The van der Waals surface area contributed by atoms with Crippen molar-refractivity contribution < 1.29 is 4.79 Å². The molecule has 0 fully saturated rings. The molecule has 72 valence electrons. The Labute approximate surface area is 83.7 Å². The Balaban J connectivity index is 2.43. The normalized spacial score (nSPS) is 15.8. The predicted molar refractivity (Wildman–Crippen MR) is 55.0 cm³/mol. The van der Waals surface area contributed by atoms with Crippen LogP contribution in [0.15, 0.2) is 23.2 Å². The lowest BCUT2D eigenvalue weighted by Crippen LogP contribution is -1.96. The summed E-state index contributed by atoms with van der Waals surface area (Å²) in [7, 11) is 0. The summed E-state index contributed by atoms with van der Waals surface area (Å²) in [5.41, 5.74) is 4.03. The number of fused-ring (bicyclic) bond motifs is 1. The van der Waals surface area contributed by atoms with Gasteiger partial charge in [0.25, 0.3) is 0 Å². The van der Waals surface area contributed by atoms with Crippen molar-refractivity contribution in [2.45, 2.75) is 32.2 Å². The van der Waals surface area contributed by atoms with Gasteiger partial charge >= 0.3 is 0 Å². The van der Waals surface area contributed by atoms with Crippen LogP contribution in [0.3, 0.4) is 0 Å². The number of hydrogen-bond donors (Lipinski definition) is 0. The lowest BCUT2D eigenvalue weighted by molar-refractivity contribution is 0.559. The van der Waals surface area contributed by atoms with Gasteiger partial charge < -0.3 is 0 Å².